The van der Waals surface area contributed by atoms with Gasteiger partial charge in [-0.1, -0.05) is 12.1 Å². The van der Waals surface area contributed by atoms with Crippen LogP contribution in [0, 0.1) is 0 Å². The molecule has 0 saturated carbocycles. The first-order valence-electron chi connectivity index (χ1n) is 7.21. The summed E-state index contributed by atoms with van der Waals surface area (Å²) in [7, 11) is 0.544. The Labute approximate surface area is 145 Å². The van der Waals surface area contributed by atoms with Gasteiger partial charge in [0.1, 0.15) is 6.26 Å². The van der Waals surface area contributed by atoms with Gasteiger partial charge in [-0.2, -0.15) is 0 Å². The maximum Gasteiger partial charge on any atom is 0.335 e. The average Bonchev–Trinajstić information content (AvgIpc) is 3.05. The van der Waals surface area contributed by atoms with Crippen LogP contribution in [0.25, 0.3) is 0 Å². The Balaban J connectivity index is 2.12. The van der Waals surface area contributed by atoms with E-state index in [1.807, 2.05) is 0 Å². The molecule has 0 atom stereocenters. The maximum absolute atomic E-state index is 12.4. The topological polar surface area (TPSA) is 108 Å². The molecule has 2 aromatic rings. The summed E-state index contributed by atoms with van der Waals surface area (Å²) in [6.45, 7) is 0.236. The molecule has 0 unspecified atom stereocenters. The predicted molar refractivity (Wildman–Crippen MR) is 88.8 cm³/mol. The van der Waals surface area contributed by atoms with Gasteiger partial charge in [0.05, 0.1) is 11.1 Å². The molecule has 0 saturated heterocycles. The number of amides is 1. The van der Waals surface area contributed by atoms with E-state index in [4.69, 9.17) is 9.52 Å². The molecular formula is C16H18N2O6S. The molecule has 25 heavy (non-hydrogen) atoms. The molecule has 0 aliphatic rings. The number of furan rings is 1. The fourth-order valence-corrected chi connectivity index (χ4v) is 2.87. The van der Waals surface area contributed by atoms with Gasteiger partial charge >= 0.3 is 5.97 Å². The van der Waals surface area contributed by atoms with Gasteiger partial charge < -0.3 is 14.4 Å². The van der Waals surface area contributed by atoms with E-state index in [2.05, 4.69) is 0 Å². The van der Waals surface area contributed by atoms with Crippen molar-refractivity contribution in [3.8, 4) is 0 Å². The van der Waals surface area contributed by atoms with Crippen LogP contribution in [0.4, 0.5) is 0 Å². The molecule has 134 valence electrons. The van der Waals surface area contributed by atoms with Crippen molar-refractivity contribution >= 4 is 21.9 Å². The van der Waals surface area contributed by atoms with Crippen LogP contribution in [-0.4, -0.2) is 55.7 Å². The van der Waals surface area contributed by atoms with Crippen LogP contribution >= 0.6 is 0 Å². The van der Waals surface area contributed by atoms with Gasteiger partial charge in [-0.15, -0.1) is 0 Å². The largest absolute Gasteiger partial charge is 0.478 e. The molecule has 1 aromatic heterocycles. The van der Waals surface area contributed by atoms with Gasteiger partial charge in [0.25, 0.3) is 15.9 Å². The number of aromatic carboxylic acids is 1. The summed E-state index contributed by atoms with van der Waals surface area (Å²) in [6, 6.07) is 7.32. The van der Waals surface area contributed by atoms with Gasteiger partial charge in [0.15, 0.2) is 0 Å². The smallest absolute Gasteiger partial charge is 0.335 e. The van der Waals surface area contributed by atoms with Crippen molar-refractivity contribution in [3.05, 3.63) is 53.3 Å². The first-order chi connectivity index (χ1) is 11.6. The summed E-state index contributed by atoms with van der Waals surface area (Å²) in [5, 5.41) is 8.57. The summed E-state index contributed by atoms with van der Waals surface area (Å²) >= 11 is 0. The third-order valence-electron chi connectivity index (χ3n) is 3.52. The van der Waals surface area contributed by atoms with Crippen LogP contribution in [0.3, 0.4) is 0 Å². The summed E-state index contributed by atoms with van der Waals surface area (Å²) in [5.74, 6) is -1.43. The van der Waals surface area contributed by atoms with Crippen LogP contribution < -0.4 is 0 Å². The Bertz CT molecular complexity index is 884. The number of carboxylic acid groups (broad SMARTS) is 1. The zero-order valence-electron chi connectivity index (χ0n) is 14.0. The van der Waals surface area contributed by atoms with Crippen molar-refractivity contribution in [1.82, 2.24) is 9.21 Å². The summed E-state index contributed by atoms with van der Waals surface area (Å²) in [4.78, 5) is 24.6. The SMILES string of the molecule is CN(Cc1ccc(C(=O)O)cc1)C(=O)c1coc(S(=O)(=O)N(C)C)c1. The molecule has 1 amide bonds. The Morgan fingerprint density at radius 3 is 2.20 bits per heavy atom. The zero-order valence-corrected chi connectivity index (χ0v) is 14.8. The lowest BCUT2D eigenvalue weighted by atomic mass is 10.1. The van der Waals surface area contributed by atoms with E-state index >= 15 is 0 Å². The highest BCUT2D eigenvalue weighted by molar-refractivity contribution is 7.88. The lowest BCUT2D eigenvalue weighted by molar-refractivity contribution is 0.0695. The number of carbonyl (C=O) groups is 2. The van der Waals surface area contributed by atoms with Gasteiger partial charge in [0, 0.05) is 33.8 Å². The number of sulfonamides is 1. The Hall–Kier alpha value is -2.65. The standard InChI is InChI=1S/C16H18N2O6S/c1-17(2)25(22,23)14-8-13(10-24-14)15(19)18(3)9-11-4-6-12(7-5-11)16(20)21/h4-8,10H,9H2,1-3H3,(H,20,21). The molecule has 9 heteroatoms. The normalized spacial score (nSPS) is 11.5. The molecular weight excluding hydrogens is 348 g/mol. The molecule has 0 spiro atoms. The number of hydrogen-bond acceptors (Lipinski definition) is 5. The first-order valence-corrected chi connectivity index (χ1v) is 8.65. The van der Waals surface area contributed by atoms with Crippen molar-refractivity contribution in [1.29, 1.82) is 0 Å². The lowest BCUT2D eigenvalue weighted by Crippen LogP contribution is -2.26. The fraction of sp³-hybridized carbons (Fsp3) is 0.250. The second kappa shape index (κ2) is 7.08. The van der Waals surface area contributed by atoms with E-state index in [0.29, 0.717) is 0 Å². The minimum absolute atomic E-state index is 0.116. The van der Waals surface area contributed by atoms with Crippen LogP contribution in [0.2, 0.25) is 0 Å². The Morgan fingerprint density at radius 2 is 1.68 bits per heavy atom. The molecule has 1 aromatic carbocycles. The summed E-state index contributed by atoms with van der Waals surface area (Å²) in [5.41, 5.74) is 1.02. The highest BCUT2D eigenvalue weighted by Crippen LogP contribution is 2.18. The Kier molecular flexibility index (Phi) is 5.29. The van der Waals surface area contributed by atoms with Crippen molar-refractivity contribution < 1.29 is 27.5 Å². The first kappa shape index (κ1) is 18.7. The number of nitrogens with zero attached hydrogens (tertiary/aromatic N) is 2. The molecule has 8 nitrogen and oxygen atoms in total. The number of carboxylic acids is 1. The third-order valence-corrected chi connectivity index (χ3v) is 5.21. The number of hydrogen-bond donors (Lipinski definition) is 1. The molecule has 2 rings (SSSR count). The van der Waals surface area contributed by atoms with E-state index in [1.54, 1.807) is 19.2 Å². The van der Waals surface area contributed by atoms with Crippen molar-refractivity contribution in [2.45, 2.75) is 11.6 Å². The monoisotopic (exact) mass is 366 g/mol. The van der Waals surface area contributed by atoms with Gasteiger partial charge in [0.2, 0.25) is 5.09 Å². The number of benzene rings is 1. The second-order valence-electron chi connectivity index (χ2n) is 5.61. The highest BCUT2D eigenvalue weighted by atomic mass is 32.2. The molecule has 0 radical (unpaired) electrons. The van der Waals surface area contributed by atoms with E-state index < -0.39 is 21.9 Å². The third kappa shape index (κ3) is 4.06. The molecule has 0 aliphatic heterocycles. The predicted octanol–water partition coefficient (Wildman–Crippen LogP) is 1.50. The van der Waals surface area contributed by atoms with Gasteiger partial charge in [-0.3, -0.25) is 4.79 Å². The van der Waals surface area contributed by atoms with E-state index in [-0.39, 0.29) is 22.8 Å². The van der Waals surface area contributed by atoms with Crippen LogP contribution in [-0.2, 0) is 16.6 Å². The van der Waals surface area contributed by atoms with Gasteiger partial charge in [-0.25, -0.2) is 17.5 Å². The quantitative estimate of drug-likeness (QED) is 0.830. The van der Waals surface area contributed by atoms with Crippen molar-refractivity contribution in [2.24, 2.45) is 0 Å². The van der Waals surface area contributed by atoms with Crippen molar-refractivity contribution in [2.75, 3.05) is 21.1 Å². The Morgan fingerprint density at radius 1 is 1.08 bits per heavy atom. The van der Waals surface area contributed by atoms with E-state index in [0.717, 1.165) is 16.1 Å². The van der Waals surface area contributed by atoms with E-state index in [1.165, 1.54) is 37.2 Å². The molecule has 0 bridgehead atoms. The summed E-state index contributed by atoms with van der Waals surface area (Å²) < 4.78 is 30.0. The molecule has 1 heterocycles. The zero-order chi connectivity index (χ0) is 18.8. The minimum atomic E-state index is -3.75. The fourth-order valence-electron chi connectivity index (χ4n) is 2.06. The number of rotatable bonds is 6. The highest BCUT2D eigenvalue weighted by Gasteiger charge is 2.24. The van der Waals surface area contributed by atoms with Gasteiger partial charge in [-0.05, 0) is 17.7 Å². The lowest BCUT2D eigenvalue weighted by Gasteiger charge is -2.16. The summed E-state index contributed by atoms with van der Waals surface area (Å²) in [6.07, 6.45) is 1.10. The van der Waals surface area contributed by atoms with Crippen LogP contribution in [0.15, 0.2) is 46.1 Å². The van der Waals surface area contributed by atoms with E-state index in [9.17, 15) is 18.0 Å². The molecule has 0 aliphatic carbocycles. The number of carbonyl (C=O) groups excluding carboxylic acids is 1. The molecule has 0 fully saturated rings. The second-order valence-corrected chi connectivity index (χ2v) is 7.69. The average molecular weight is 366 g/mol. The maximum atomic E-state index is 12.4. The molecule has 1 N–H and O–H groups in total. The van der Waals surface area contributed by atoms with Crippen LogP contribution in [0.5, 0.6) is 0 Å². The van der Waals surface area contributed by atoms with Crippen molar-refractivity contribution in [3.63, 3.8) is 0 Å². The van der Waals surface area contributed by atoms with Crippen LogP contribution in [0.1, 0.15) is 26.3 Å². The minimum Gasteiger partial charge on any atom is -0.478 e.